The lowest BCUT2D eigenvalue weighted by molar-refractivity contribution is 0.429. The Kier molecular flexibility index (Phi) is 8.08. The monoisotopic (exact) mass is 853 g/mol. The van der Waals surface area contributed by atoms with Crippen LogP contribution in [0.1, 0.15) is 44.5 Å². The van der Waals surface area contributed by atoms with Crippen LogP contribution in [-0.4, -0.2) is 15.0 Å². The van der Waals surface area contributed by atoms with Crippen LogP contribution in [0.25, 0.3) is 67.2 Å². The standard InChI is InChI=1S/C63H39N3O/c1-2-18-41(19-3-1)59-64-60(66-61(65-59)46-34-33-40-17-4-5-20-42(40)37-46)45-22-16-21-43(38-45)44-35-36-58-56(39-44)63(55-31-14-15-32-57(55)67-58)53-29-12-10-27-51(53)62(52-28-11-13-30-54(52)63)49-25-8-6-23-47(49)48-24-7-9-26-50(48)62/h1-39H. The lowest BCUT2D eigenvalue weighted by Crippen LogP contribution is -2.45. The van der Waals surface area contributed by atoms with Gasteiger partial charge in [0.15, 0.2) is 17.5 Å². The van der Waals surface area contributed by atoms with Gasteiger partial charge >= 0.3 is 0 Å². The second-order valence-corrected chi connectivity index (χ2v) is 17.8. The zero-order valence-electron chi connectivity index (χ0n) is 36.3. The van der Waals surface area contributed by atoms with Crippen LogP contribution in [0.4, 0.5) is 0 Å². The molecular weight excluding hydrogens is 815 g/mol. The van der Waals surface area contributed by atoms with Crippen molar-refractivity contribution in [3.8, 4) is 67.9 Å². The molecule has 0 saturated carbocycles. The van der Waals surface area contributed by atoms with E-state index in [2.05, 4.69) is 218 Å². The molecule has 3 aliphatic rings. The highest BCUT2D eigenvalue weighted by Gasteiger charge is 2.58. The molecule has 0 fully saturated rings. The molecule has 2 aliphatic carbocycles. The summed E-state index contributed by atoms with van der Waals surface area (Å²) >= 11 is 0. The molecule has 67 heavy (non-hydrogen) atoms. The molecular formula is C63H39N3O. The van der Waals surface area contributed by atoms with Crippen LogP contribution in [0.15, 0.2) is 237 Å². The summed E-state index contributed by atoms with van der Waals surface area (Å²) in [6.07, 6.45) is 0. The second-order valence-electron chi connectivity index (χ2n) is 17.8. The normalized spacial score (nSPS) is 14.0. The van der Waals surface area contributed by atoms with Crippen LogP contribution < -0.4 is 4.74 Å². The number of hydrogen-bond acceptors (Lipinski definition) is 4. The molecule has 0 unspecified atom stereocenters. The highest BCUT2D eigenvalue weighted by atomic mass is 16.5. The molecule has 0 bridgehead atoms. The highest BCUT2D eigenvalue weighted by Crippen LogP contribution is 2.67. The molecule has 1 aliphatic heterocycles. The molecule has 1 aromatic heterocycles. The van der Waals surface area contributed by atoms with Crippen LogP contribution >= 0.6 is 0 Å². The summed E-state index contributed by atoms with van der Waals surface area (Å²) in [6.45, 7) is 0. The van der Waals surface area contributed by atoms with Crippen LogP contribution in [0.5, 0.6) is 11.5 Å². The topological polar surface area (TPSA) is 47.9 Å². The van der Waals surface area contributed by atoms with E-state index < -0.39 is 10.8 Å². The van der Waals surface area contributed by atoms with Crippen molar-refractivity contribution in [1.82, 2.24) is 15.0 Å². The van der Waals surface area contributed by atoms with Gasteiger partial charge < -0.3 is 4.74 Å². The molecule has 0 N–H and O–H groups in total. The van der Waals surface area contributed by atoms with Crippen molar-refractivity contribution in [3.63, 3.8) is 0 Å². The summed E-state index contributed by atoms with van der Waals surface area (Å²) in [5, 5.41) is 2.31. The lowest BCUT2D eigenvalue weighted by atomic mass is 9.51. The molecule has 4 nitrogen and oxygen atoms in total. The summed E-state index contributed by atoms with van der Waals surface area (Å²) in [5.41, 5.74) is 16.2. The third-order valence-corrected chi connectivity index (χ3v) is 14.4. The fraction of sp³-hybridized carbons (Fsp3) is 0.0317. The molecule has 11 aromatic rings. The number of para-hydroxylation sites is 1. The first-order valence-corrected chi connectivity index (χ1v) is 22.9. The maximum atomic E-state index is 6.96. The average molecular weight is 854 g/mol. The van der Waals surface area contributed by atoms with Crippen molar-refractivity contribution in [1.29, 1.82) is 0 Å². The van der Waals surface area contributed by atoms with Crippen molar-refractivity contribution in [2.24, 2.45) is 0 Å². The minimum atomic E-state index is -0.712. The molecule has 312 valence electrons. The minimum Gasteiger partial charge on any atom is -0.457 e. The van der Waals surface area contributed by atoms with E-state index in [9.17, 15) is 0 Å². The molecule has 0 atom stereocenters. The van der Waals surface area contributed by atoms with Crippen LogP contribution in [-0.2, 0) is 10.8 Å². The smallest absolute Gasteiger partial charge is 0.164 e. The molecule has 2 spiro atoms. The van der Waals surface area contributed by atoms with Gasteiger partial charge in [0, 0.05) is 27.8 Å². The van der Waals surface area contributed by atoms with Crippen molar-refractivity contribution in [3.05, 3.63) is 281 Å². The van der Waals surface area contributed by atoms with Crippen molar-refractivity contribution >= 4 is 10.8 Å². The Bertz CT molecular complexity index is 3720. The number of aromatic nitrogens is 3. The zero-order valence-corrected chi connectivity index (χ0v) is 36.3. The van der Waals surface area contributed by atoms with Gasteiger partial charge in [0.25, 0.3) is 0 Å². The third-order valence-electron chi connectivity index (χ3n) is 14.4. The van der Waals surface area contributed by atoms with Gasteiger partial charge in [-0.2, -0.15) is 0 Å². The van der Waals surface area contributed by atoms with E-state index in [0.29, 0.717) is 17.5 Å². The van der Waals surface area contributed by atoms with Gasteiger partial charge in [-0.05, 0) is 96.7 Å². The van der Waals surface area contributed by atoms with Gasteiger partial charge in [-0.15, -0.1) is 0 Å². The van der Waals surface area contributed by atoms with Crippen LogP contribution in [0.2, 0.25) is 0 Å². The van der Waals surface area contributed by atoms with E-state index in [1.165, 1.54) is 49.9 Å². The first-order valence-electron chi connectivity index (χ1n) is 22.9. The van der Waals surface area contributed by atoms with Gasteiger partial charge in [0.1, 0.15) is 11.5 Å². The Morgan fingerprint density at radius 1 is 0.254 bits per heavy atom. The predicted octanol–water partition coefficient (Wildman–Crippen LogP) is 14.9. The van der Waals surface area contributed by atoms with Gasteiger partial charge in [-0.3, -0.25) is 0 Å². The number of benzene rings is 10. The van der Waals surface area contributed by atoms with Crippen molar-refractivity contribution < 1.29 is 4.74 Å². The Labute approximate surface area is 388 Å². The number of rotatable bonds is 4. The fourth-order valence-electron chi connectivity index (χ4n) is 11.7. The highest BCUT2D eigenvalue weighted by molar-refractivity contribution is 5.91. The Morgan fingerprint density at radius 3 is 1.34 bits per heavy atom. The van der Waals surface area contributed by atoms with E-state index in [-0.39, 0.29) is 0 Å². The Morgan fingerprint density at radius 2 is 0.687 bits per heavy atom. The van der Waals surface area contributed by atoms with Crippen molar-refractivity contribution in [2.75, 3.05) is 0 Å². The maximum Gasteiger partial charge on any atom is 0.164 e. The summed E-state index contributed by atoms with van der Waals surface area (Å²) in [5.74, 6) is 3.58. The van der Waals surface area contributed by atoms with Gasteiger partial charge in [0.05, 0.1) is 10.8 Å². The largest absolute Gasteiger partial charge is 0.457 e. The van der Waals surface area contributed by atoms with E-state index in [4.69, 9.17) is 19.7 Å². The van der Waals surface area contributed by atoms with Gasteiger partial charge in [-0.25, -0.2) is 15.0 Å². The number of fused-ring (bicyclic) bond motifs is 16. The summed E-state index contributed by atoms with van der Waals surface area (Å²) in [6, 6.07) is 85.3. The predicted molar refractivity (Wildman–Crippen MR) is 268 cm³/mol. The number of hydrogen-bond donors (Lipinski definition) is 0. The van der Waals surface area contributed by atoms with E-state index in [0.717, 1.165) is 55.8 Å². The van der Waals surface area contributed by atoms with Gasteiger partial charge in [-0.1, -0.05) is 206 Å². The van der Waals surface area contributed by atoms with Crippen LogP contribution in [0, 0.1) is 0 Å². The first-order chi connectivity index (χ1) is 33.2. The quantitative estimate of drug-likeness (QED) is 0.177. The molecule has 0 amide bonds. The average Bonchev–Trinajstić information content (AvgIpc) is 3.70. The zero-order chi connectivity index (χ0) is 44.1. The van der Waals surface area contributed by atoms with Crippen molar-refractivity contribution in [2.45, 2.75) is 10.8 Å². The Hall–Kier alpha value is -8.73. The second kappa shape index (κ2) is 14.4. The lowest BCUT2D eigenvalue weighted by Gasteiger charge is -2.51. The van der Waals surface area contributed by atoms with Crippen LogP contribution in [0.3, 0.4) is 0 Å². The third kappa shape index (κ3) is 5.32. The summed E-state index contributed by atoms with van der Waals surface area (Å²) < 4.78 is 6.96. The number of ether oxygens (including phenoxy) is 1. The van der Waals surface area contributed by atoms with E-state index in [1.54, 1.807) is 0 Å². The summed E-state index contributed by atoms with van der Waals surface area (Å²) in [4.78, 5) is 15.4. The Balaban J connectivity index is 0.980. The molecule has 10 aromatic carbocycles. The van der Waals surface area contributed by atoms with E-state index in [1.807, 2.05) is 18.2 Å². The minimum absolute atomic E-state index is 0.528. The van der Waals surface area contributed by atoms with E-state index >= 15 is 0 Å². The molecule has 14 rings (SSSR count). The molecule has 0 saturated heterocycles. The summed E-state index contributed by atoms with van der Waals surface area (Å²) in [7, 11) is 0. The molecule has 0 radical (unpaired) electrons. The fourth-order valence-corrected chi connectivity index (χ4v) is 11.7. The first kappa shape index (κ1) is 37.6. The molecule has 4 heteroatoms. The number of nitrogens with zero attached hydrogens (tertiary/aromatic N) is 3. The maximum absolute atomic E-state index is 6.96. The SMILES string of the molecule is c1ccc(-c2nc(-c3cccc(-c4ccc5c(c4)C4(c6ccccc6O5)c5ccccc5C5(c6ccccc6-c6ccccc65)c5ccccc54)c3)nc(-c3ccc4ccccc4c3)n2)cc1. The molecule has 2 heterocycles. The van der Waals surface area contributed by atoms with Gasteiger partial charge in [0.2, 0.25) is 0 Å².